The topological polar surface area (TPSA) is 97.4 Å². The number of carbonyl (C=O) groups is 1. The van der Waals surface area contributed by atoms with Gasteiger partial charge in [0.25, 0.3) is 0 Å². The smallest absolute Gasteiger partial charge is 0.339 e. The van der Waals surface area contributed by atoms with Gasteiger partial charge in [0.2, 0.25) is 10.0 Å². The molecule has 0 bridgehead atoms. The first-order valence-electron chi connectivity index (χ1n) is 10.8. The highest BCUT2D eigenvalue weighted by Crippen LogP contribution is 2.36. The number of halogens is 2. The number of benzene rings is 1. The van der Waals surface area contributed by atoms with Crippen LogP contribution in [-0.2, 0) is 21.3 Å². The lowest BCUT2D eigenvalue weighted by Gasteiger charge is -2.51. The van der Waals surface area contributed by atoms with Crippen LogP contribution in [0.1, 0.15) is 28.9 Å². The van der Waals surface area contributed by atoms with E-state index in [1.54, 1.807) is 24.3 Å². The lowest BCUT2D eigenvalue weighted by Crippen LogP contribution is -2.71. The molecule has 0 amide bonds. The first-order chi connectivity index (χ1) is 15.7. The summed E-state index contributed by atoms with van der Waals surface area (Å²) in [7, 11) is -2.28. The van der Waals surface area contributed by atoms with Gasteiger partial charge in [0.15, 0.2) is 0 Å². The molecular formula is C22H27ClFN4O4S+. The molecule has 0 atom stereocenters. The SMILES string of the molecule is COC(=O)c1ccc(CNS(=O)(=O)C2CC[N+](c3ccc(F)c(Cl)c3)(C3CNC3)CC2)nc1. The van der Waals surface area contributed by atoms with Crippen molar-refractivity contribution in [2.24, 2.45) is 0 Å². The number of esters is 1. The molecule has 2 N–H and O–H groups in total. The Morgan fingerprint density at radius 3 is 2.55 bits per heavy atom. The number of nitrogens with one attached hydrogen (secondary N) is 2. The maximum Gasteiger partial charge on any atom is 0.339 e. The van der Waals surface area contributed by atoms with Gasteiger partial charge in [-0.05, 0) is 18.2 Å². The highest BCUT2D eigenvalue weighted by atomic mass is 35.5. The standard InChI is InChI=1S/C22H27ClFN4O4S/c1-32-22(29)15-2-3-16(26-11-15)12-27-33(30,31)19-6-8-28(9-7-19,18-13-25-14-18)17-4-5-21(24)20(23)10-17/h2-5,10-11,18-19,25,27H,6-9,12-14H2,1H3/q+1. The van der Waals surface area contributed by atoms with Gasteiger partial charge in [-0.1, -0.05) is 11.6 Å². The van der Waals surface area contributed by atoms with Crippen LogP contribution in [0.5, 0.6) is 0 Å². The van der Waals surface area contributed by atoms with E-state index in [4.69, 9.17) is 11.6 Å². The van der Waals surface area contributed by atoms with Crippen LogP contribution in [0.3, 0.4) is 0 Å². The summed E-state index contributed by atoms with van der Waals surface area (Å²) in [5.74, 6) is -0.956. The second-order valence-electron chi connectivity index (χ2n) is 8.49. The molecule has 0 unspecified atom stereocenters. The fraction of sp³-hybridized carbons (Fsp3) is 0.455. The summed E-state index contributed by atoms with van der Waals surface area (Å²) < 4.78 is 47.6. The van der Waals surface area contributed by atoms with E-state index in [0.717, 1.165) is 18.8 Å². The zero-order valence-corrected chi connectivity index (χ0v) is 19.8. The van der Waals surface area contributed by atoms with Crippen molar-refractivity contribution in [2.45, 2.75) is 30.7 Å². The third kappa shape index (κ3) is 4.90. The Labute approximate surface area is 197 Å². The molecule has 33 heavy (non-hydrogen) atoms. The number of pyridine rings is 1. The Hall–Kier alpha value is -2.11. The van der Waals surface area contributed by atoms with Crippen LogP contribution < -0.4 is 14.5 Å². The van der Waals surface area contributed by atoms with E-state index in [1.807, 2.05) is 0 Å². The number of hydrogen-bond acceptors (Lipinski definition) is 6. The number of ether oxygens (including phenoxy) is 1. The number of aromatic nitrogens is 1. The number of carbonyl (C=O) groups excluding carboxylic acids is 1. The minimum absolute atomic E-state index is 0.0421. The molecule has 0 radical (unpaired) electrons. The number of piperidine rings is 1. The molecule has 2 saturated heterocycles. The number of methoxy groups -OCH3 is 1. The Morgan fingerprint density at radius 1 is 1.27 bits per heavy atom. The first kappa shape index (κ1) is 24.0. The molecule has 2 fully saturated rings. The molecule has 2 aliphatic rings. The van der Waals surface area contributed by atoms with Crippen LogP contribution >= 0.6 is 11.6 Å². The van der Waals surface area contributed by atoms with Crippen molar-refractivity contribution in [2.75, 3.05) is 33.3 Å². The Morgan fingerprint density at radius 2 is 2.00 bits per heavy atom. The van der Waals surface area contributed by atoms with Crippen LogP contribution in [0.2, 0.25) is 5.02 Å². The van der Waals surface area contributed by atoms with Crippen LogP contribution in [0.4, 0.5) is 10.1 Å². The van der Waals surface area contributed by atoms with Gasteiger partial charge < -0.3 is 10.1 Å². The van der Waals surface area contributed by atoms with Crippen LogP contribution in [0, 0.1) is 5.82 Å². The largest absolute Gasteiger partial charge is 0.465 e. The van der Waals surface area contributed by atoms with E-state index in [1.165, 1.54) is 19.4 Å². The molecule has 8 nitrogen and oxygen atoms in total. The Balaban J connectivity index is 1.42. The molecule has 2 aromatic rings. The molecule has 4 rings (SSSR count). The second kappa shape index (κ2) is 9.63. The van der Waals surface area contributed by atoms with Gasteiger partial charge in [0.05, 0.1) is 48.3 Å². The van der Waals surface area contributed by atoms with E-state index in [0.29, 0.717) is 47.7 Å². The van der Waals surface area contributed by atoms with Crippen molar-refractivity contribution in [1.29, 1.82) is 0 Å². The molecule has 1 aromatic carbocycles. The molecule has 178 valence electrons. The summed E-state index contributed by atoms with van der Waals surface area (Å²) in [5, 5.41) is 2.84. The van der Waals surface area contributed by atoms with E-state index < -0.39 is 27.1 Å². The molecule has 1 aromatic heterocycles. The van der Waals surface area contributed by atoms with Gasteiger partial charge in [0.1, 0.15) is 17.5 Å². The van der Waals surface area contributed by atoms with Crippen molar-refractivity contribution in [1.82, 2.24) is 19.5 Å². The predicted octanol–water partition coefficient (Wildman–Crippen LogP) is 2.22. The van der Waals surface area contributed by atoms with Crippen molar-refractivity contribution < 1.29 is 22.3 Å². The van der Waals surface area contributed by atoms with Gasteiger partial charge in [-0.25, -0.2) is 22.3 Å². The fourth-order valence-electron chi connectivity index (χ4n) is 4.59. The normalized spacial score (nSPS) is 23.7. The number of nitrogens with zero attached hydrogens (tertiary/aromatic N) is 2. The fourth-order valence-corrected chi connectivity index (χ4v) is 6.19. The molecule has 0 aliphatic carbocycles. The van der Waals surface area contributed by atoms with Gasteiger partial charge in [-0.15, -0.1) is 0 Å². The van der Waals surface area contributed by atoms with Gasteiger partial charge >= 0.3 is 5.97 Å². The highest BCUT2D eigenvalue weighted by Gasteiger charge is 2.47. The number of rotatable bonds is 7. The van der Waals surface area contributed by atoms with Crippen molar-refractivity contribution in [3.63, 3.8) is 0 Å². The summed E-state index contributed by atoms with van der Waals surface area (Å²) in [5.41, 5.74) is 1.73. The van der Waals surface area contributed by atoms with Gasteiger partial charge in [-0.3, -0.25) is 9.47 Å². The number of hydrogen-bond donors (Lipinski definition) is 2. The minimum Gasteiger partial charge on any atom is -0.465 e. The maximum atomic E-state index is 13.7. The Bertz CT molecular complexity index is 1120. The maximum absolute atomic E-state index is 13.7. The third-order valence-electron chi connectivity index (χ3n) is 6.72. The lowest BCUT2D eigenvalue weighted by molar-refractivity contribution is 0.0600. The van der Waals surface area contributed by atoms with Crippen LogP contribution in [0.15, 0.2) is 36.5 Å². The van der Waals surface area contributed by atoms with Crippen molar-refractivity contribution in [3.8, 4) is 0 Å². The third-order valence-corrected chi connectivity index (χ3v) is 8.90. The van der Waals surface area contributed by atoms with Crippen LogP contribution in [0.25, 0.3) is 0 Å². The summed E-state index contributed by atoms with van der Waals surface area (Å²) in [6.45, 7) is 2.97. The summed E-state index contributed by atoms with van der Waals surface area (Å²) in [6, 6.07) is 8.27. The molecule has 11 heteroatoms. The van der Waals surface area contributed by atoms with E-state index in [9.17, 15) is 17.6 Å². The molecular weight excluding hydrogens is 471 g/mol. The molecule has 3 heterocycles. The second-order valence-corrected chi connectivity index (χ2v) is 10.9. The summed E-state index contributed by atoms with van der Waals surface area (Å²) >= 11 is 6.06. The average Bonchev–Trinajstić information content (AvgIpc) is 2.78. The molecule has 0 spiro atoms. The van der Waals surface area contributed by atoms with Gasteiger partial charge in [0, 0.05) is 44.3 Å². The van der Waals surface area contributed by atoms with E-state index in [2.05, 4.69) is 19.8 Å². The molecule has 0 saturated carbocycles. The van der Waals surface area contributed by atoms with E-state index >= 15 is 0 Å². The minimum atomic E-state index is -3.57. The first-order valence-corrected chi connectivity index (χ1v) is 12.7. The summed E-state index contributed by atoms with van der Waals surface area (Å²) in [4.78, 5) is 15.6. The number of sulfonamides is 1. The van der Waals surface area contributed by atoms with E-state index in [-0.39, 0.29) is 11.6 Å². The zero-order chi connectivity index (χ0) is 23.6. The number of likely N-dealkylation sites (tertiary alicyclic amines) is 1. The highest BCUT2D eigenvalue weighted by molar-refractivity contribution is 7.90. The predicted molar refractivity (Wildman–Crippen MR) is 124 cm³/mol. The molecule has 2 aliphatic heterocycles. The summed E-state index contributed by atoms with van der Waals surface area (Å²) in [6.07, 6.45) is 2.33. The Kier molecular flexibility index (Phi) is 7.01. The lowest BCUT2D eigenvalue weighted by atomic mass is 9.97. The van der Waals surface area contributed by atoms with Crippen molar-refractivity contribution in [3.05, 3.63) is 58.6 Å². The number of quaternary nitrogens is 1. The van der Waals surface area contributed by atoms with Gasteiger partial charge in [-0.2, -0.15) is 0 Å². The quantitative estimate of drug-likeness (QED) is 0.450. The zero-order valence-electron chi connectivity index (χ0n) is 18.3. The monoisotopic (exact) mass is 497 g/mol. The average molecular weight is 498 g/mol. The van der Waals surface area contributed by atoms with Crippen LogP contribution in [-0.4, -0.2) is 64.0 Å². The van der Waals surface area contributed by atoms with Crippen molar-refractivity contribution >= 4 is 33.3 Å².